The van der Waals surface area contributed by atoms with Gasteiger partial charge in [-0.1, -0.05) is 17.7 Å². The molecule has 0 bridgehead atoms. The largest absolute Gasteiger partial charge is 0.508 e. The Morgan fingerprint density at radius 3 is 3.00 bits per heavy atom. The van der Waals surface area contributed by atoms with Crippen LogP contribution in [0.25, 0.3) is 0 Å². The van der Waals surface area contributed by atoms with Crippen molar-refractivity contribution in [2.75, 3.05) is 0 Å². The van der Waals surface area contributed by atoms with Crippen molar-refractivity contribution in [2.24, 2.45) is 0 Å². The lowest BCUT2D eigenvalue weighted by atomic mass is 10.2. The topological polar surface area (TPSA) is 20.2 Å². The molecule has 0 spiro atoms. The van der Waals surface area contributed by atoms with E-state index in [-0.39, 0.29) is 0 Å². The first-order chi connectivity index (χ1) is 4.29. The zero-order valence-electron chi connectivity index (χ0n) is 5.46. The average Bonchev–Trinajstić information content (AvgIpc) is 1.97. The smallest absolute Gasteiger partial charge is 0.115 e. The minimum absolute atomic E-state index is 0.340. The number of hydrogen-bond acceptors (Lipinski definition) is 1. The van der Waals surface area contributed by atoms with Gasteiger partial charge in [0.05, 0.1) is 0 Å². The third-order valence-corrected chi connectivity index (χ3v) is 1.27. The lowest BCUT2D eigenvalue weighted by molar-refractivity contribution is 0.432. The van der Waals surface area contributed by atoms with Crippen LogP contribution in [-0.2, 0) is 0 Å². The van der Waals surface area contributed by atoms with Crippen molar-refractivity contribution >= 4 is 0 Å². The van der Waals surface area contributed by atoms with Crippen molar-refractivity contribution in [3.8, 4) is 0 Å². The fraction of sp³-hybridized carbons (Fsp3) is 0.250. The van der Waals surface area contributed by atoms with Crippen LogP contribution in [0, 0.1) is 0 Å². The standard InChI is InChI=1S/C8H10O/c1-7-3-2-4-8(9)6-5-7/h2,4-6,9H,3H2,1H3. The molecule has 1 nitrogen and oxygen atoms in total. The molecule has 1 rings (SSSR count). The Hall–Kier alpha value is -0.980. The summed E-state index contributed by atoms with van der Waals surface area (Å²) in [4.78, 5) is 0. The van der Waals surface area contributed by atoms with E-state index in [4.69, 9.17) is 5.11 Å². The molecule has 1 N–H and O–H groups in total. The maximum atomic E-state index is 8.94. The number of aliphatic hydroxyl groups is 1. The van der Waals surface area contributed by atoms with Gasteiger partial charge in [-0.2, -0.15) is 0 Å². The molecule has 0 heterocycles. The zero-order valence-corrected chi connectivity index (χ0v) is 5.46. The normalized spacial score (nSPS) is 18.3. The van der Waals surface area contributed by atoms with E-state index < -0.39 is 0 Å². The maximum Gasteiger partial charge on any atom is 0.115 e. The number of allylic oxidation sites excluding steroid dienone is 5. The lowest BCUT2D eigenvalue weighted by Crippen LogP contribution is -1.66. The van der Waals surface area contributed by atoms with Crippen LogP contribution in [0.3, 0.4) is 0 Å². The maximum absolute atomic E-state index is 8.94. The molecule has 0 atom stereocenters. The van der Waals surface area contributed by atoms with Gasteiger partial charge in [-0.05, 0) is 25.5 Å². The van der Waals surface area contributed by atoms with E-state index in [9.17, 15) is 0 Å². The summed E-state index contributed by atoms with van der Waals surface area (Å²) in [6, 6.07) is 0. The van der Waals surface area contributed by atoms with Crippen LogP contribution in [0.1, 0.15) is 13.3 Å². The minimum atomic E-state index is 0.340. The van der Waals surface area contributed by atoms with Crippen molar-refractivity contribution in [1.82, 2.24) is 0 Å². The predicted octanol–water partition coefficient (Wildman–Crippen LogP) is 2.33. The summed E-state index contributed by atoms with van der Waals surface area (Å²) in [5.41, 5.74) is 1.27. The highest BCUT2D eigenvalue weighted by Gasteiger charge is 1.90. The molecule has 0 aromatic carbocycles. The molecule has 0 aromatic rings. The van der Waals surface area contributed by atoms with Gasteiger partial charge in [0.1, 0.15) is 5.76 Å². The quantitative estimate of drug-likeness (QED) is 0.522. The average molecular weight is 122 g/mol. The molecule has 0 fully saturated rings. The van der Waals surface area contributed by atoms with Crippen LogP contribution < -0.4 is 0 Å². The second-order valence-corrected chi connectivity index (χ2v) is 2.21. The van der Waals surface area contributed by atoms with Gasteiger partial charge in [0, 0.05) is 0 Å². The fourth-order valence-corrected chi connectivity index (χ4v) is 0.717. The van der Waals surface area contributed by atoms with E-state index in [1.54, 1.807) is 12.2 Å². The van der Waals surface area contributed by atoms with Gasteiger partial charge in [0.15, 0.2) is 0 Å². The summed E-state index contributed by atoms with van der Waals surface area (Å²) in [6.45, 7) is 2.04. The van der Waals surface area contributed by atoms with Gasteiger partial charge in [0.25, 0.3) is 0 Å². The van der Waals surface area contributed by atoms with E-state index in [2.05, 4.69) is 0 Å². The Balaban J connectivity index is 2.80. The Kier molecular flexibility index (Phi) is 1.73. The molecule has 0 saturated heterocycles. The second kappa shape index (κ2) is 2.53. The number of hydrogen-bond donors (Lipinski definition) is 1. The number of rotatable bonds is 0. The highest BCUT2D eigenvalue weighted by atomic mass is 16.3. The first kappa shape index (κ1) is 6.14. The predicted molar refractivity (Wildman–Crippen MR) is 38.2 cm³/mol. The molecule has 48 valence electrons. The van der Waals surface area contributed by atoms with E-state index >= 15 is 0 Å². The van der Waals surface area contributed by atoms with Crippen LogP contribution in [-0.4, -0.2) is 5.11 Å². The third kappa shape index (κ3) is 1.76. The summed E-state index contributed by atoms with van der Waals surface area (Å²) in [6.07, 6.45) is 8.24. The van der Waals surface area contributed by atoms with Crippen molar-refractivity contribution < 1.29 is 5.11 Å². The van der Waals surface area contributed by atoms with Crippen LogP contribution >= 0.6 is 0 Å². The van der Waals surface area contributed by atoms with Crippen molar-refractivity contribution in [2.45, 2.75) is 13.3 Å². The molecule has 1 heteroatoms. The summed E-state index contributed by atoms with van der Waals surface area (Å²) < 4.78 is 0. The molecular formula is C8H10O. The van der Waals surface area contributed by atoms with Gasteiger partial charge in [-0.15, -0.1) is 0 Å². The monoisotopic (exact) mass is 122 g/mol. The van der Waals surface area contributed by atoms with E-state index in [1.165, 1.54) is 5.57 Å². The summed E-state index contributed by atoms with van der Waals surface area (Å²) in [7, 11) is 0. The highest BCUT2D eigenvalue weighted by Crippen LogP contribution is 2.07. The lowest BCUT2D eigenvalue weighted by Gasteiger charge is -1.86. The molecule has 0 unspecified atom stereocenters. The fourth-order valence-electron chi connectivity index (χ4n) is 0.717. The van der Waals surface area contributed by atoms with Gasteiger partial charge >= 0.3 is 0 Å². The summed E-state index contributed by atoms with van der Waals surface area (Å²) in [5.74, 6) is 0.340. The van der Waals surface area contributed by atoms with Crippen molar-refractivity contribution in [3.63, 3.8) is 0 Å². The second-order valence-electron chi connectivity index (χ2n) is 2.21. The van der Waals surface area contributed by atoms with Gasteiger partial charge < -0.3 is 5.11 Å². The Morgan fingerprint density at radius 1 is 1.44 bits per heavy atom. The van der Waals surface area contributed by atoms with E-state index in [1.807, 2.05) is 19.1 Å². The number of aliphatic hydroxyl groups excluding tert-OH is 1. The zero-order chi connectivity index (χ0) is 6.69. The Labute approximate surface area is 55.0 Å². The third-order valence-electron chi connectivity index (χ3n) is 1.27. The van der Waals surface area contributed by atoms with Crippen LogP contribution in [0.15, 0.2) is 35.6 Å². The molecule has 1 aliphatic rings. The molecule has 0 aliphatic heterocycles. The SMILES string of the molecule is CC1=CC=C(O)C=CC1. The first-order valence-electron chi connectivity index (χ1n) is 3.02. The van der Waals surface area contributed by atoms with Crippen molar-refractivity contribution in [1.29, 1.82) is 0 Å². The van der Waals surface area contributed by atoms with Crippen molar-refractivity contribution in [3.05, 3.63) is 35.6 Å². The Morgan fingerprint density at radius 2 is 2.22 bits per heavy atom. The van der Waals surface area contributed by atoms with Crippen LogP contribution in [0.4, 0.5) is 0 Å². The molecule has 0 saturated carbocycles. The van der Waals surface area contributed by atoms with Gasteiger partial charge in [-0.3, -0.25) is 0 Å². The molecule has 0 amide bonds. The minimum Gasteiger partial charge on any atom is -0.508 e. The first-order valence-corrected chi connectivity index (χ1v) is 3.02. The van der Waals surface area contributed by atoms with Gasteiger partial charge in [0.2, 0.25) is 0 Å². The molecular weight excluding hydrogens is 112 g/mol. The molecule has 0 radical (unpaired) electrons. The van der Waals surface area contributed by atoms with E-state index in [0.29, 0.717) is 5.76 Å². The van der Waals surface area contributed by atoms with E-state index in [0.717, 1.165) is 6.42 Å². The van der Waals surface area contributed by atoms with Gasteiger partial charge in [-0.25, -0.2) is 0 Å². The molecule has 0 aromatic heterocycles. The van der Waals surface area contributed by atoms with Crippen LogP contribution in [0.2, 0.25) is 0 Å². The molecule has 1 aliphatic carbocycles. The van der Waals surface area contributed by atoms with Crippen LogP contribution in [0.5, 0.6) is 0 Å². The summed E-state index contributed by atoms with van der Waals surface area (Å²) >= 11 is 0. The highest BCUT2D eigenvalue weighted by molar-refractivity contribution is 5.25. The Bertz CT molecular complexity index is 185. The summed E-state index contributed by atoms with van der Waals surface area (Å²) in [5, 5.41) is 8.94. The molecule has 9 heavy (non-hydrogen) atoms.